The number of amides is 2. The van der Waals surface area contributed by atoms with Crippen LogP contribution in [0.15, 0.2) is 45.7 Å². The van der Waals surface area contributed by atoms with Crippen molar-refractivity contribution in [3.63, 3.8) is 0 Å². The van der Waals surface area contributed by atoms with Gasteiger partial charge in [0.05, 0.1) is 18.5 Å². The van der Waals surface area contributed by atoms with Gasteiger partial charge in [0, 0.05) is 49.1 Å². The third-order valence-corrected chi connectivity index (χ3v) is 5.30. The molecule has 0 saturated carbocycles. The number of ether oxygens (including phenoxy) is 1. The number of fused-ring (bicyclic) bond motifs is 1. The summed E-state index contributed by atoms with van der Waals surface area (Å²) in [7, 11) is 0. The molecule has 3 aromatic rings. The molecular formula is C24H28N4O5. The SMILES string of the molecule is CCN(CC)c1ccc2c(C)c(CCOC(=O)Nc3ccc(NC(C)=O)cn3)c(=O)oc2c1. The Kier molecular flexibility index (Phi) is 7.66. The van der Waals surface area contributed by atoms with Crippen LogP contribution in [0.5, 0.6) is 0 Å². The second-order valence-corrected chi connectivity index (χ2v) is 7.47. The van der Waals surface area contributed by atoms with Crippen molar-refractivity contribution in [3.05, 3.63) is 58.1 Å². The van der Waals surface area contributed by atoms with E-state index in [2.05, 4.69) is 34.4 Å². The first kappa shape index (κ1) is 23.8. The Bertz CT molecular complexity index is 1200. The van der Waals surface area contributed by atoms with Crippen molar-refractivity contribution >= 4 is 40.2 Å². The fourth-order valence-corrected chi connectivity index (χ4v) is 3.59. The lowest BCUT2D eigenvalue weighted by molar-refractivity contribution is -0.114. The number of nitrogens with zero attached hydrogens (tertiary/aromatic N) is 2. The number of benzene rings is 1. The minimum absolute atomic E-state index is 0.00441. The molecule has 0 aliphatic rings. The predicted molar refractivity (Wildman–Crippen MR) is 128 cm³/mol. The number of hydrogen-bond acceptors (Lipinski definition) is 7. The van der Waals surface area contributed by atoms with Gasteiger partial charge in [0.2, 0.25) is 5.91 Å². The molecule has 174 valence electrons. The van der Waals surface area contributed by atoms with Crippen LogP contribution in [0.4, 0.5) is 22.0 Å². The smallest absolute Gasteiger partial charge is 0.412 e. The molecule has 9 nitrogen and oxygen atoms in total. The zero-order valence-corrected chi connectivity index (χ0v) is 19.2. The van der Waals surface area contributed by atoms with Crippen molar-refractivity contribution in [3.8, 4) is 0 Å². The molecule has 0 fully saturated rings. The number of aromatic nitrogens is 1. The Labute approximate surface area is 191 Å². The molecule has 0 aliphatic carbocycles. The van der Waals surface area contributed by atoms with E-state index < -0.39 is 11.7 Å². The fraction of sp³-hybridized carbons (Fsp3) is 0.333. The lowest BCUT2D eigenvalue weighted by atomic mass is 10.0. The minimum Gasteiger partial charge on any atom is -0.449 e. The van der Waals surface area contributed by atoms with Crippen LogP contribution in [0.3, 0.4) is 0 Å². The summed E-state index contributed by atoms with van der Waals surface area (Å²) in [4.78, 5) is 41.9. The van der Waals surface area contributed by atoms with Gasteiger partial charge < -0.3 is 19.4 Å². The van der Waals surface area contributed by atoms with Gasteiger partial charge in [-0.25, -0.2) is 14.6 Å². The lowest BCUT2D eigenvalue weighted by Gasteiger charge is -2.21. The van der Waals surface area contributed by atoms with Crippen LogP contribution in [-0.4, -0.2) is 36.7 Å². The highest BCUT2D eigenvalue weighted by atomic mass is 16.5. The van der Waals surface area contributed by atoms with Crippen LogP contribution in [-0.2, 0) is 16.0 Å². The first-order valence-electron chi connectivity index (χ1n) is 10.8. The molecule has 1 aromatic carbocycles. The number of rotatable bonds is 8. The number of carbonyl (C=O) groups is 2. The summed E-state index contributed by atoms with van der Waals surface area (Å²) in [5, 5.41) is 5.95. The van der Waals surface area contributed by atoms with E-state index in [9.17, 15) is 14.4 Å². The summed E-state index contributed by atoms with van der Waals surface area (Å²) in [6.45, 7) is 9.13. The number of nitrogens with one attached hydrogen (secondary N) is 2. The lowest BCUT2D eigenvalue weighted by Crippen LogP contribution is -2.22. The van der Waals surface area contributed by atoms with Crippen LogP contribution in [0.25, 0.3) is 11.0 Å². The van der Waals surface area contributed by atoms with Crippen LogP contribution >= 0.6 is 0 Å². The maximum absolute atomic E-state index is 12.6. The van der Waals surface area contributed by atoms with Crippen LogP contribution < -0.4 is 21.2 Å². The monoisotopic (exact) mass is 452 g/mol. The largest absolute Gasteiger partial charge is 0.449 e. The molecular weight excluding hydrogens is 424 g/mol. The Morgan fingerprint density at radius 3 is 2.52 bits per heavy atom. The summed E-state index contributed by atoms with van der Waals surface area (Å²) < 4.78 is 10.8. The summed E-state index contributed by atoms with van der Waals surface area (Å²) in [6.07, 6.45) is 0.956. The molecule has 0 saturated heterocycles. The minimum atomic E-state index is -0.693. The zero-order valence-electron chi connectivity index (χ0n) is 19.2. The molecule has 2 heterocycles. The molecule has 9 heteroatoms. The van der Waals surface area contributed by atoms with E-state index in [1.165, 1.54) is 13.1 Å². The van der Waals surface area contributed by atoms with Gasteiger partial charge in [-0.2, -0.15) is 0 Å². The molecule has 33 heavy (non-hydrogen) atoms. The van der Waals surface area contributed by atoms with Gasteiger partial charge in [-0.15, -0.1) is 0 Å². The summed E-state index contributed by atoms with van der Waals surface area (Å²) >= 11 is 0. The molecule has 0 atom stereocenters. The molecule has 2 N–H and O–H groups in total. The Morgan fingerprint density at radius 1 is 1.12 bits per heavy atom. The predicted octanol–water partition coefficient (Wildman–Crippen LogP) is 4.09. The number of pyridine rings is 1. The molecule has 0 unspecified atom stereocenters. The number of anilines is 3. The standard InChI is InChI=1S/C24H28N4O5/c1-5-28(6-2)18-8-9-19-15(3)20(23(30)33-21(19)13-18)11-12-32-24(31)27-22-10-7-17(14-25-22)26-16(4)29/h7-10,13-14H,5-6,11-12H2,1-4H3,(H,26,29)(H,25,27,31). The molecule has 0 spiro atoms. The molecule has 2 amide bonds. The van der Waals surface area contributed by atoms with Crippen molar-refractivity contribution in [1.29, 1.82) is 0 Å². The van der Waals surface area contributed by atoms with Gasteiger partial charge in [-0.05, 0) is 50.6 Å². The van der Waals surface area contributed by atoms with E-state index in [1.54, 1.807) is 12.1 Å². The summed E-state index contributed by atoms with van der Waals surface area (Å²) in [6, 6.07) is 9.00. The first-order chi connectivity index (χ1) is 15.8. The number of hydrogen-bond donors (Lipinski definition) is 2. The van der Waals surface area contributed by atoms with E-state index >= 15 is 0 Å². The van der Waals surface area contributed by atoms with Crippen molar-refractivity contribution in [2.75, 3.05) is 35.2 Å². The topological polar surface area (TPSA) is 114 Å². The van der Waals surface area contributed by atoms with Crippen LogP contribution in [0.2, 0.25) is 0 Å². The van der Waals surface area contributed by atoms with Gasteiger partial charge in [-0.1, -0.05) is 0 Å². The second kappa shape index (κ2) is 10.6. The molecule has 0 bridgehead atoms. The van der Waals surface area contributed by atoms with E-state index in [0.29, 0.717) is 16.8 Å². The Hall–Kier alpha value is -3.88. The van der Waals surface area contributed by atoms with Gasteiger partial charge in [0.1, 0.15) is 11.4 Å². The molecule has 2 aromatic heterocycles. The van der Waals surface area contributed by atoms with E-state index in [4.69, 9.17) is 9.15 Å². The molecule has 3 rings (SSSR count). The molecule has 0 aliphatic heterocycles. The highest BCUT2D eigenvalue weighted by molar-refractivity contribution is 5.89. The number of carbonyl (C=O) groups excluding carboxylic acids is 2. The quantitative estimate of drug-likeness (QED) is 0.495. The third-order valence-electron chi connectivity index (χ3n) is 5.30. The second-order valence-electron chi connectivity index (χ2n) is 7.47. The Balaban J connectivity index is 1.63. The molecule has 0 radical (unpaired) electrons. The number of aryl methyl sites for hydroxylation is 1. The highest BCUT2D eigenvalue weighted by Gasteiger charge is 2.14. The van der Waals surface area contributed by atoms with Crippen molar-refractivity contribution < 1.29 is 18.7 Å². The average Bonchev–Trinajstić information content (AvgIpc) is 2.77. The van der Waals surface area contributed by atoms with E-state index in [0.717, 1.165) is 29.7 Å². The van der Waals surface area contributed by atoms with E-state index in [1.807, 2.05) is 25.1 Å². The Morgan fingerprint density at radius 2 is 1.88 bits per heavy atom. The normalized spacial score (nSPS) is 10.7. The van der Waals surface area contributed by atoms with E-state index in [-0.39, 0.29) is 24.8 Å². The maximum atomic E-state index is 12.6. The van der Waals surface area contributed by atoms with Crippen molar-refractivity contribution in [1.82, 2.24) is 4.98 Å². The summed E-state index contributed by atoms with van der Waals surface area (Å²) in [5.74, 6) is 0.0641. The maximum Gasteiger partial charge on any atom is 0.412 e. The van der Waals surface area contributed by atoms with Gasteiger partial charge in [0.25, 0.3) is 0 Å². The average molecular weight is 453 g/mol. The fourth-order valence-electron chi connectivity index (χ4n) is 3.59. The first-order valence-corrected chi connectivity index (χ1v) is 10.8. The van der Waals surface area contributed by atoms with Gasteiger partial charge in [0.15, 0.2) is 0 Å². The van der Waals surface area contributed by atoms with Crippen LogP contribution in [0.1, 0.15) is 31.9 Å². The van der Waals surface area contributed by atoms with Gasteiger partial charge in [-0.3, -0.25) is 10.1 Å². The summed E-state index contributed by atoms with van der Waals surface area (Å²) in [5.41, 5.74) is 2.91. The third kappa shape index (κ3) is 5.88. The van der Waals surface area contributed by atoms with Crippen molar-refractivity contribution in [2.24, 2.45) is 0 Å². The van der Waals surface area contributed by atoms with Crippen LogP contribution in [0, 0.1) is 6.92 Å². The zero-order chi connectivity index (χ0) is 24.0. The highest BCUT2D eigenvalue weighted by Crippen LogP contribution is 2.25. The van der Waals surface area contributed by atoms with Gasteiger partial charge >= 0.3 is 11.7 Å². The van der Waals surface area contributed by atoms with Crippen molar-refractivity contribution in [2.45, 2.75) is 34.1 Å².